The number of carboxylic acids is 2. The molecule has 1 aromatic carbocycles. The molecule has 2 atom stereocenters. The maximum Gasteiger partial charge on any atom is 0.336 e. The first-order valence-electron chi connectivity index (χ1n) is 8.43. The summed E-state index contributed by atoms with van der Waals surface area (Å²) in [5.74, 6) is -3.07. The number of aliphatic hydroxyl groups is 2. The SMILES string of the molecule is O=C(O)C[C@](O)(C[C@@H](O)CCCCCCc1ccc(Cl)cc1Cl)C(=O)O. The fourth-order valence-corrected chi connectivity index (χ4v) is 3.25. The van der Waals surface area contributed by atoms with Crippen molar-refractivity contribution in [1.29, 1.82) is 0 Å². The molecule has 0 saturated heterocycles. The van der Waals surface area contributed by atoms with Gasteiger partial charge in [0.25, 0.3) is 0 Å². The lowest BCUT2D eigenvalue weighted by Crippen LogP contribution is -2.43. The fraction of sp³-hybridized carbons (Fsp3) is 0.556. The van der Waals surface area contributed by atoms with Crippen LogP contribution < -0.4 is 0 Å². The van der Waals surface area contributed by atoms with Crippen LogP contribution in [0.2, 0.25) is 10.0 Å². The Balaban J connectivity index is 2.28. The van der Waals surface area contributed by atoms with Crippen molar-refractivity contribution >= 4 is 35.1 Å². The van der Waals surface area contributed by atoms with Gasteiger partial charge < -0.3 is 20.4 Å². The molecule has 0 aliphatic rings. The Morgan fingerprint density at radius 1 is 1.08 bits per heavy atom. The van der Waals surface area contributed by atoms with Crippen LogP contribution in [0.25, 0.3) is 0 Å². The fourth-order valence-electron chi connectivity index (χ4n) is 2.75. The lowest BCUT2D eigenvalue weighted by atomic mass is 9.90. The number of halogens is 2. The Morgan fingerprint density at radius 2 is 1.73 bits per heavy atom. The van der Waals surface area contributed by atoms with Gasteiger partial charge in [0, 0.05) is 16.5 Å². The Kier molecular flexibility index (Phi) is 9.36. The third-order valence-electron chi connectivity index (χ3n) is 4.16. The molecule has 0 amide bonds. The van der Waals surface area contributed by atoms with Gasteiger partial charge in [0.05, 0.1) is 12.5 Å². The molecule has 4 N–H and O–H groups in total. The highest BCUT2D eigenvalue weighted by molar-refractivity contribution is 6.35. The maximum absolute atomic E-state index is 11.0. The molecule has 0 spiro atoms. The van der Waals surface area contributed by atoms with E-state index in [-0.39, 0.29) is 0 Å². The van der Waals surface area contributed by atoms with Crippen LogP contribution in [0.1, 0.15) is 50.5 Å². The molecule has 1 rings (SSSR count). The minimum Gasteiger partial charge on any atom is -0.481 e. The number of aliphatic carboxylic acids is 2. The summed E-state index contributed by atoms with van der Waals surface area (Å²) >= 11 is 12.0. The zero-order valence-corrected chi connectivity index (χ0v) is 15.8. The van der Waals surface area contributed by atoms with Crippen molar-refractivity contribution in [2.45, 2.75) is 63.1 Å². The van der Waals surface area contributed by atoms with Crippen LogP contribution in [0.15, 0.2) is 18.2 Å². The predicted molar refractivity (Wildman–Crippen MR) is 98.7 cm³/mol. The zero-order chi connectivity index (χ0) is 19.7. The second-order valence-corrected chi connectivity index (χ2v) is 7.30. The van der Waals surface area contributed by atoms with Crippen molar-refractivity contribution in [3.8, 4) is 0 Å². The highest BCUT2D eigenvalue weighted by Crippen LogP contribution is 2.24. The Bertz CT molecular complexity index is 622. The molecule has 0 heterocycles. The Morgan fingerprint density at radius 3 is 2.31 bits per heavy atom. The average molecular weight is 407 g/mol. The van der Waals surface area contributed by atoms with Gasteiger partial charge in [-0.2, -0.15) is 0 Å². The van der Waals surface area contributed by atoms with Crippen LogP contribution in [0.5, 0.6) is 0 Å². The molecule has 146 valence electrons. The first-order valence-corrected chi connectivity index (χ1v) is 9.19. The normalized spacial score (nSPS) is 14.6. The number of hydrogen-bond donors (Lipinski definition) is 4. The lowest BCUT2D eigenvalue weighted by Gasteiger charge is -2.24. The van der Waals surface area contributed by atoms with Crippen molar-refractivity contribution in [3.05, 3.63) is 33.8 Å². The molecule has 0 fully saturated rings. The molecule has 8 heteroatoms. The minimum absolute atomic E-state index is 0.302. The van der Waals surface area contributed by atoms with E-state index in [2.05, 4.69) is 0 Å². The van der Waals surface area contributed by atoms with Gasteiger partial charge in [0.15, 0.2) is 5.60 Å². The van der Waals surface area contributed by atoms with Gasteiger partial charge in [-0.3, -0.25) is 4.79 Å². The maximum atomic E-state index is 11.0. The van der Waals surface area contributed by atoms with E-state index in [9.17, 15) is 19.8 Å². The van der Waals surface area contributed by atoms with Gasteiger partial charge in [-0.1, -0.05) is 48.5 Å². The van der Waals surface area contributed by atoms with E-state index in [4.69, 9.17) is 33.4 Å². The van der Waals surface area contributed by atoms with Gasteiger partial charge in [0.1, 0.15) is 0 Å². The van der Waals surface area contributed by atoms with E-state index >= 15 is 0 Å². The number of carboxylic acid groups (broad SMARTS) is 2. The first kappa shape index (κ1) is 22.7. The standard InChI is InChI=1S/C18H24Cl2O6/c19-13-8-7-12(15(20)9-13)5-3-1-2-4-6-14(21)10-18(26,17(24)25)11-16(22)23/h7-9,14,21,26H,1-6,10-11H2,(H,22,23)(H,24,25)/t14-,18+/m0/s1. The molecule has 1 aromatic rings. The average Bonchev–Trinajstić information content (AvgIpc) is 2.51. The topological polar surface area (TPSA) is 115 Å². The predicted octanol–water partition coefficient (Wildman–Crippen LogP) is 3.53. The van der Waals surface area contributed by atoms with Crippen molar-refractivity contribution in [2.75, 3.05) is 0 Å². The summed E-state index contributed by atoms with van der Waals surface area (Å²) in [6.07, 6.45) is 1.90. The molecular weight excluding hydrogens is 383 g/mol. The molecule has 0 saturated carbocycles. The van der Waals surface area contributed by atoms with Crippen LogP contribution in [-0.2, 0) is 16.0 Å². The van der Waals surface area contributed by atoms with Crippen LogP contribution in [0.3, 0.4) is 0 Å². The van der Waals surface area contributed by atoms with Gasteiger partial charge in [0.2, 0.25) is 0 Å². The number of unbranched alkanes of at least 4 members (excludes halogenated alkanes) is 3. The number of hydrogen-bond acceptors (Lipinski definition) is 4. The van der Waals surface area contributed by atoms with E-state index in [0.717, 1.165) is 31.2 Å². The quantitative estimate of drug-likeness (QED) is 0.394. The zero-order valence-electron chi connectivity index (χ0n) is 14.3. The molecule has 0 radical (unpaired) electrons. The molecule has 0 aromatic heterocycles. The van der Waals surface area contributed by atoms with Gasteiger partial charge in [-0.15, -0.1) is 0 Å². The second-order valence-electron chi connectivity index (χ2n) is 6.45. The Hall–Kier alpha value is -1.34. The summed E-state index contributed by atoms with van der Waals surface area (Å²) in [5, 5.41) is 38.7. The number of rotatable bonds is 12. The van der Waals surface area contributed by atoms with Crippen molar-refractivity contribution in [2.24, 2.45) is 0 Å². The highest BCUT2D eigenvalue weighted by atomic mass is 35.5. The molecular formula is C18H24Cl2O6. The Labute approximate surface area is 162 Å². The van der Waals surface area contributed by atoms with E-state index in [1.54, 1.807) is 12.1 Å². The number of carbonyl (C=O) groups is 2. The summed E-state index contributed by atoms with van der Waals surface area (Å²) in [6, 6.07) is 5.39. The molecule has 6 nitrogen and oxygen atoms in total. The lowest BCUT2D eigenvalue weighted by molar-refractivity contribution is -0.168. The summed E-state index contributed by atoms with van der Waals surface area (Å²) in [4.78, 5) is 21.7. The first-order chi connectivity index (χ1) is 12.1. The number of aryl methyl sites for hydroxylation is 1. The molecule has 0 bridgehead atoms. The van der Waals surface area contributed by atoms with Crippen molar-refractivity contribution < 1.29 is 30.0 Å². The molecule has 0 aliphatic carbocycles. The van der Waals surface area contributed by atoms with Crippen molar-refractivity contribution in [1.82, 2.24) is 0 Å². The van der Waals surface area contributed by atoms with E-state index in [1.165, 1.54) is 0 Å². The minimum atomic E-state index is -2.45. The van der Waals surface area contributed by atoms with Gasteiger partial charge >= 0.3 is 11.9 Å². The summed E-state index contributed by atoms with van der Waals surface area (Å²) < 4.78 is 0. The van der Waals surface area contributed by atoms with E-state index in [1.807, 2.05) is 6.07 Å². The number of benzene rings is 1. The van der Waals surface area contributed by atoms with Crippen LogP contribution >= 0.6 is 23.2 Å². The van der Waals surface area contributed by atoms with Crippen molar-refractivity contribution in [3.63, 3.8) is 0 Å². The third kappa shape index (κ3) is 7.91. The van der Waals surface area contributed by atoms with Gasteiger partial charge in [-0.25, -0.2) is 4.79 Å². The number of aliphatic hydroxyl groups excluding tert-OH is 1. The smallest absolute Gasteiger partial charge is 0.336 e. The molecule has 26 heavy (non-hydrogen) atoms. The second kappa shape index (κ2) is 10.7. The van der Waals surface area contributed by atoms with Gasteiger partial charge in [-0.05, 0) is 37.0 Å². The van der Waals surface area contributed by atoms with E-state index < -0.39 is 36.5 Å². The largest absolute Gasteiger partial charge is 0.481 e. The summed E-state index contributed by atoms with van der Waals surface area (Å²) in [5.41, 5.74) is -1.42. The molecule has 0 aliphatic heterocycles. The van der Waals surface area contributed by atoms with E-state index in [0.29, 0.717) is 22.9 Å². The third-order valence-corrected chi connectivity index (χ3v) is 4.75. The van der Waals surface area contributed by atoms with Crippen LogP contribution in [-0.4, -0.2) is 44.1 Å². The summed E-state index contributed by atoms with van der Waals surface area (Å²) in [6.45, 7) is 0. The monoisotopic (exact) mass is 406 g/mol. The van der Waals surface area contributed by atoms with Crippen LogP contribution in [0.4, 0.5) is 0 Å². The van der Waals surface area contributed by atoms with Crippen LogP contribution in [0, 0.1) is 0 Å². The molecule has 0 unspecified atom stereocenters. The highest BCUT2D eigenvalue weighted by Gasteiger charge is 2.40. The summed E-state index contributed by atoms with van der Waals surface area (Å²) in [7, 11) is 0.